The Balaban J connectivity index is 1.88. The second-order valence-electron chi connectivity index (χ2n) is 6.07. The fourth-order valence-corrected chi connectivity index (χ4v) is 3.54. The molecular formula is C16H24N2. The van der Waals surface area contributed by atoms with Gasteiger partial charge in [-0.15, -0.1) is 0 Å². The van der Waals surface area contributed by atoms with Crippen LogP contribution in [0.4, 0.5) is 0 Å². The highest BCUT2D eigenvalue weighted by Gasteiger charge is 2.24. The van der Waals surface area contributed by atoms with Crippen molar-refractivity contribution in [1.82, 2.24) is 4.90 Å². The van der Waals surface area contributed by atoms with Crippen molar-refractivity contribution in [2.24, 2.45) is 5.73 Å². The molecule has 2 N–H and O–H groups in total. The van der Waals surface area contributed by atoms with Crippen LogP contribution in [0.5, 0.6) is 0 Å². The molecule has 2 nitrogen and oxygen atoms in total. The Hall–Kier alpha value is -0.860. The molecule has 0 bridgehead atoms. The number of hydrogen-bond acceptors (Lipinski definition) is 2. The smallest absolute Gasteiger partial charge is 0.00826 e. The van der Waals surface area contributed by atoms with E-state index >= 15 is 0 Å². The summed E-state index contributed by atoms with van der Waals surface area (Å²) in [6, 6.07) is 7.29. The monoisotopic (exact) mass is 244 g/mol. The van der Waals surface area contributed by atoms with Gasteiger partial charge in [0.1, 0.15) is 0 Å². The summed E-state index contributed by atoms with van der Waals surface area (Å²) in [5.41, 5.74) is 10.9. The van der Waals surface area contributed by atoms with E-state index in [-0.39, 0.29) is 0 Å². The zero-order valence-corrected chi connectivity index (χ0v) is 11.4. The van der Waals surface area contributed by atoms with E-state index in [0.29, 0.717) is 6.04 Å². The van der Waals surface area contributed by atoms with Crippen LogP contribution in [0, 0.1) is 0 Å². The summed E-state index contributed by atoms with van der Waals surface area (Å²) in [5, 5.41) is 0. The molecule has 0 radical (unpaired) electrons. The summed E-state index contributed by atoms with van der Waals surface area (Å²) in [6.07, 6.45) is 6.04. The Morgan fingerprint density at radius 1 is 1.17 bits per heavy atom. The normalized spacial score (nSPS) is 26.0. The highest BCUT2D eigenvalue weighted by atomic mass is 15.1. The van der Waals surface area contributed by atoms with Crippen molar-refractivity contribution in [3.8, 4) is 0 Å². The number of aryl methyl sites for hydroxylation is 1. The molecule has 18 heavy (non-hydrogen) atoms. The van der Waals surface area contributed by atoms with E-state index in [1.54, 1.807) is 16.7 Å². The molecule has 1 saturated heterocycles. The van der Waals surface area contributed by atoms with Gasteiger partial charge in [-0.05, 0) is 74.8 Å². The van der Waals surface area contributed by atoms with Gasteiger partial charge in [0.05, 0.1) is 0 Å². The van der Waals surface area contributed by atoms with Gasteiger partial charge in [-0.1, -0.05) is 18.2 Å². The Morgan fingerprint density at radius 2 is 1.94 bits per heavy atom. The van der Waals surface area contributed by atoms with E-state index in [9.17, 15) is 0 Å². The summed E-state index contributed by atoms with van der Waals surface area (Å²) in [6.45, 7) is 2.47. The molecule has 1 aliphatic carbocycles. The lowest BCUT2D eigenvalue weighted by atomic mass is 9.79. The summed E-state index contributed by atoms with van der Waals surface area (Å²) in [7, 11) is 2.23. The van der Waals surface area contributed by atoms with Crippen LogP contribution in [0.1, 0.15) is 41.9 Å². The van der Waals surface area contributed by atoms with E-state index < -0.39 is 0 Å². The average Bonchev–Trinajstić information content (AvgIpc) is 2.39. The second kappa shape index (κ2) is 5.02. The van der Waals surface area contributed by atoms with Gasteiger partial charge in [0.15, 0.2) is 0 Å². The standard InChI is InChI=1S/C16H24N2/c1-18-9-7-13(8-10-18)15-4-2-3-12-5-6-14(17)11-16(12)15/h2-4,13-14H,5-11,17H2,1H3/t14-/m1/s1. The lowest BCUT2D eigenvalue weighted by Gasteiger charge is -2.32. The van der Waals surface area contributed by atoms with Gasteiger partial charge in [-0.3, -0.25) is 0 Å². The fourth-order valence-electron chi connectivity index (χ4n) is 3.54. The lowest BCUT2D eigenvalue weighted by molar-refractivity contribution is 0.254. The lowest BCUT2D eigenvalue weighted by Crippen LogP contribution is -2.32. The number of fused-ring (bicyclic) bond motifs is 1. The maximum absolute atomic E-state index is 6.16. The van der Waals surface area contributed by atoms with Crippen LogP contribution in [0.3, 0.4) is 0 Å². The molecule has 0 aromatic heterocycles. The van der Waals surface area contributed by atoms with Crippen molar-refractivity contribution in [1.29, 1.82) is 0 Å². The third kappa shape index (κ3) is 2.32. The predicted octanol–water partition coefficient (Wildman–Crippen LogP) is 2.31. The molecule has 1 atom stereocenters. The van der Waals surface area contributed by atoms with E-state index in [1.807, 2.05) is 0 Å². The number of piperidine rings is 1. The number of benzene rings is 1. The van der Waals surface area contributed by atoms with Crippen molar-refractivity contribution < 1.29 is 0 Å². The first kappa shape index (κ1) is 12.2. The van der Waals surface area contributed by atoms with Crippen LogP contribution in [0.15, 0.2) is 18.2 Å². The van der Waals surface area contributed by atoms with E-state index in [1.165, 1.54) is 32.4 Å². The molecule has 1 aromatic rings. The molecule has 0 spiro atoms. The summed E-state index contributed by atoms with van der Waals surface area (Å²) in [5.74, 6) is 0.765. The largest absolute Gasteiger partial charge is 0.327 e. The van der Waals surface area contributed by atoms with Crippen LogP contribution >= 0.6 is 0 Å². The Morgan fingerprint density at radius 3 is 2.72 bits per heavy atom. The topological polar surface area (TPSA) is 29.3 Å². The van der Waals surface area contributed by atoms with E-state index in [0.717, 1.165) is 18.8 Å². The van der Waals surface area contributed by atoms with Crippen LogP contribution in [0.25, 0.3) is 0 Å². The number of rotatable bonds is 1. The molecule has 3 rings (SSSR count). The first-order valence-electron chi connectivity index (χ1n) is 7.29. The number of likely N-dealkylation sites (tertiary alicyclic amines) is 1. The summed E-state index contributed by atoms with van der Waals surface area (Å²) in [4.78, 5) is 2.44. The van der Waals surface area contributed by atoms with Crippen LogP contribution in [-0.4, -0.2) is 31.1 Å². The van der Waals surface area contributed by atoms with Crippen molar-refractivity contribution in [2.45, 2.75) is 44.1 Å². The van der Waals surface area contributed by atoms with E-state index in [4.69, 9.17) is 5.73 Å². The highest BCUT2D eigenvalue weighted by Crippen LogP contribution is 2.34. The van der Waals surface area contributed by atoms with Gasteiger partial charge in [0.2, 0.25) is 0 Å². The van der Waals surface area contributed by atoms with Crippen LogP contribution < -0.4 is 5.73 Å². The Labute approximate surface area is 110 Å². The minimum absolute atomic E-state index is 0.380. The van der Waals surface area contributed by atoms with Gasteiger partial charge >= 0.3 is 0 Å². The van der Waals surface area contributed by atoms with E-state index in [2.05, 4.69) is 30.1 Å². The Kier molecular flexibility index (Phi) is 3.40. The van der Waals surface area contributed by atoms with Gasteiger partial charge in [0.25, 0.3) is 0 Å². The molecule has 1 heterocycles. The summed E-state index contributed by atoms with van der Waals surface area (Å²) < 4.78 is 0. The molecule has 1 aromatic carbocycles. The first-order chi connectivity index (χ1) is 8.74. The maximum Gasteiger partial charge on any atom is 0.00826 e. The van der Waals surface area contributed by atoms with Crippen molar-refractivity contribution in [3.05, 3.63) is 34.9 Å². The number of nitrogens with two attached hydrogens (primary N) is 1. The minimum Gasteiger partial charge on any atom is -0.327 e. The SMILES string of the molecule is CN1CCC(c2cccc3c2C[C@H](N)CC3)CC1. The van der Waals surface area contributed by atoms with Crippen LogP contribution in [0.2, 0.25) is 0 Å². The molecule has 98 valence electrons. The Bertz CT molecular complexity index is 419. The molecule has 1 fully saturated rings. The molecule has 0 amide bonds. The zero-order valence-electron chi connectivity index (χ0n) is 11.4. The average molecular weight is 244 g/mol. The quantitative estimate of drug-likeness (QED) is 0.821. The van der Waals surface area contributed by atoms with Crippen molar-refractivity contribution in [3.63, 3.8) is 0 Å². The van der Waals surface area contributed by atoms with Gasteiger partial charge in [-0.2, -0.15) is 0 Å². The molecule has 1 aliphatic heterocycles. The highest BCUT2D eigenvalue weighted by molar-refractivity contribution is 5.40. The minimum atomic E-state index is 0.380. The predicted molar refractivity (Wildman–Crippen MR) is 75.9 cm³/mol. The van der Waals surface area contributed by atoms with Gasteiger partial charge in [-0.25, -0.2) is 0 Å². The molecule has 2 aliphatic rings. The third-order valence-corrected chi connectivity index (χ3v) is 4.72. The fraction of sp³-hybridized carbons (Fsp3) is 0.625. The number of hydrogen-bond donors (Lipinski definition) is 1. The number of nitrogens with zero attached hydrogens (tertiary/aromatic N) is 1. The van der Waals surface area contributed by atoms with Gasteiger partial charge < -0.3 is 10.6 Å². The molecule has 0 saturated carbocycles. The van der Waals surface area contributed by atoms with Crippen molar-refractivity contribution >= 4 is 0 Å². The maximum atomic E-state index is 6.16. The summed E-state index contributed by atoms with van der Waals surface area (Å²) >= 11 is 0. The van der Waals surface area contributed by atoms with Crippen molar-refractivity contribution in [2.75, 3.05) is 20.1 Å². The second-order valence-corrected chi connectivity index (χ2v) is 6.07. The molecule has 2 heteroatoms. The zero-order chi connectivity index (χ0) is 12.5. The molecular weight excluding hydrogens is 220 g/mol. The first-order valence-corrected chi connectivity index (χ1v) is 7.29. The van der Waals surface area contributed by atoms with Crippen LogP contribution in [-0.2, 0) is 12.8 Å². The molecule has 0 unspecified atom stereocenters. The third-order valence-electron chi connectivity index (χ3n) is 4.72. The van der Waals surface area contributed by atoms with Gasteiger partial charge in [0, 0.05) is 6.04 Å².